The molecule has 7 heteroatoms. The molecule has 1 aliphatic rings. The van der Waals surface area contributed by atoms with Crippen molar-refractivity contribution in [2.45, 2.75) is 51.6 Å². The van der Waals surface area contributed by atoms with Crippen LogP contribution >= 0.6 is 36.2 Å². The van der Waals surface area contributed by atoms with Crippen LogP contribution in [0.1, 0.15) is 43.0 Å². The second-order valence-electron chi connectivity index (χ2n) is 5.45. The number of aromatic nitrogens is 1. The van der Waals surface area contributed by atoms with Gasteiger partial charge in [-0.1, -0.05) is 0 Å². The Balaban J connectivity index is 0.00000180. The zero-order valence-electron chi connectivity index (χ0n) is 12.1. The molecule has 1 amide bonds. The van der Waals surface area contributed by atoms with E-state index < -0.39 is 0 Å². The lowest BCUT2D eigenvalue weighted by Gasteiger charge is -2.24. The van der Waals surface area contributed by atoms with Gasteiger partial charge in [-0.3, -0.25) is 4.79 Å². The number of hydrogen-bond acceptors (Lipinski definition) is 4. The van der Waals surface area contributed by atoms with Gasteiger partial charge in [0.1, 0.15) is 5.01 Å². The third-order valence-corrected chi connectivity index (χ3v) is 4.44. The highest BCUT2D eigenvalue weighted by atomic mass is 35.5. The van der Waals surface area contributed by atoms with E-state index in [4.69, 9.17) is 0 Å². The van der Waals surface area contributed by atoms with Crippen LogP contribution in [-0.4, -0.2) is 23.5 Å². The van der Waals surface area contributed by atoms with Gasteiger partial charge in [-0.15, -0.1) is 36.2 Å². The Kier molecular flexibility index (Phi) is 8.03. The summed E-state index contributed by atoms with van der Waals surface area (Å²) >= 11 is 1.64. The highest BCUT2D eigenvalue weighted by molar-refractivity contribution is 7.11. The van der Waals surface area contributed by atoms with Gasteiger partial charge in [-0.05, 0) is 40.2 Å². The third-order valence-electron chi connectivity index (χ3n) is 3.20. The fourth-order valence-corrected chi connectivity index (χ4v) is 3.07. The molecule has 1 unspecified atom stereocenters. The number of carbonyl (C=O) groups is 1. The summed E-state index contributed by atoms with van der Waals surface area (Å²) in [6.07, 6.45) is 4.69. The first kappa shape index (κ1) is 19.6. The van der Waals surface area contributed by atoms with Crippen LogP contribution in [0.2, 0.25) is 0 Å². The predicted octanol–water partition coefficient (Wildman–Crippen LogP) is 2.79. The van der Waals surface area contributed by atoms with Crippen molar-refractivity contribution in [3.63, 3.8) is 0 Å². The molecular formula is C13H23Cl2N3OS. The van der Waals surface area contributed by atoms with Gasteiger partial charge in [0.05, 0.1) is 5.54 Å². The molecule has 1 aromatic rings. The van der Waals surface area contributed by atoms with E-state index in [2.05, 4.69) is 15.6 Å². The number of amides is 1. The van der Waals surface area contributed by atoms with Gasteiger partial charge < -0.3 is 10.6 Å². The van der Waals surface area contributed by atoms with E-state index in [0.29, 0.717) is 12.5 Å². The summed E-state index contributed by atoms with van der Waals surface area (Å²) in [6, 6.07) is 0.346. The summed E-state index contributed by atoms with van der Waals surface area (Å²) in [6.45, 7) is 7.07. The lowest BCUT2D eigenvalue weighted by atomic mass is 10.1. The minimum absolute atomic E-state index is 0. The Morgan fingerprint density at radius 1 is 1.55 bits per heavy atom. The number of hydrogen-bond donors (Lipinski definition) is 2. The van der Waals surface area contributed by atoms with E-state index in [1.54, 1.807) is 11.3 Å². The number of carbonyl (C=O) groups excluding carboxylic acids is 1. The molecule has 2 N–H and O–H groups in total. The molecule has 0 saturated carbocycles. The number of thiazole rings is 1. The summed E-state index contributed by atoms with van der Waals surface area (Å²) in [5.74, 6) is 0.104. The maximum atomic E-state index is 12.0. The highest BCUT2D eigenvalue weighted by Crippen LogP contribution is 2.25. The molecular weight excluding hydrogens is 317 g/mol. The fourth-order valence-electron chi connectivity index (χ4n) is 2.25. The van der Waals surface area contributed by atoms with Crippen LogP contribution in [0.3, 0.4) is 0 Å². The molecule has 116 valence electrons. The van der Waals surface area contributed by atoms with Crippen LogP contribution in [0.15, 0.2) is 6.20 Å². The monoisotopic (exact) mass is 339 g/mol. The van der Waals surface area contributed by atoms with Gasteiger partial charge in [-0.25, -0.2) is 4.98 Å². The average Bonchev–Trinajstić information content (AvgIpc) is 2.88. The molecule has 1 saturated heterocycles. The summed E-state index contributed by atoms with van der Waals surface area (Å²) in [4.78, 5) is 17.6. The molecule has 1 atom stereocenters. The van der Waals surface area contributed by atoms with E-state index in [1.807, 2.05) is 27.0 Å². The van der Waals surface area contributed by atoms with Gasteiger partial charge in [0.2, 0.25) is 5.91 Å². The van der Waals surface area contributed by atoms with Crippen LogP contribution in [0, 0.1) is 6.92 Å². The zero-order chi connectivity index (χ0) is 13.2. The first-order valence-corrected chi connectivity index (χ1v) is 7.26. The Bertz CT molecular complexity index is 431. The van der Waals surface area contributed by atoms with E-state index >= 15 is 0 Å². The first-order valence-electron chi connectivity index (χ1n) is 6.45. The third kappa shape index (κ3) is 5.20. The molecule has 1 aromatic heterocycles. The van der Waals surface area contributed by atoms with Crippen LogP contribution in [-0.2, 0) is 10.3 Å². The summed E-state index contributed by atoms with van der Waals surface area (Å²) in [5, 5.41) is 7.39. The van der Waals surface area contributed by atoms with Gasteiger partial charge in [0.25, 0.3) is 0 Å². The molecule has 0 bridgehead atoms. The highest BCUT2D eigenvalue weighted by Gasteiger charge is 2.27. The summed E-state index contributed by atoms with van der Waals surface area (Å²) in [7, 11) is 0. The van der Waals surface area contributed by atoms with E-state index in [-0.39, 0.29) is 36.3 Å². The van der Waals surface area contributed by atoms with E-state index in [0.717, 1.165) is 18.0 Å². The zero-order valence-corrected chi connectivity index (χ0v) is 14.5. The van der Waals surface area contributed by atoms with E-state index in [9.17, 15) is 4.79 Å². The number of halogens is 2. The summed E-state index contributed by atoms with van der Waals surface area (Å²) in [5.41, 5.74) is -0.380. The maximum Gasteiger partial charge on any atom is 0.222 e. The Morgan fingerprint density at radius 2 is 2.25 bits per heavy atom. The maximum absolute atomic E-state index is 12.0. The van der Waals surface area contributed by atoms with Crippen molar-refractivity contribution < 1.29 is 4.79 Å². The van der Waals surface area contributed by atoms with Crippen LogP contribution in [0.25, 0.3) is 0 Å². The number of aryl methyl sites for hydroxylation is 1. The molecule has 0 aliphatic carbocycles. The SMILES string of the molecule is Cc1cnc(C(C)(C)NC(=O)CC2CCCN2)s1.Cl.Cl. The fraction of sp³-hybridized carbons (Fsp3) is 0.692. The minimum atomic E-state index is -0.380. The Labute approximate surface area is 137 Å². The molecule has 1 fully saturated rings. The molecule has 0 radical (unpaired) electrons. The van der Waals surface area contributed by atoms with Gasteiger partial charge in [0, 0.05) is 23.5 Å². The molecule has 4 nitrogen and oxygen atoms in total. The van der Waals surface area contributed by atoms with Crippen LogP contribution in [0.5, 0.6) is 0 Å². The minimum Gasteiger partial charge on any atom is -0.345 e. The standard InChI is InChI=1S/C13H21N3OS.2ClH/c1-9-8-15-12(18-9)13(2,3)16-11(17)7-10-5-4-6-14-10;;/h8,10,14H,4-7H2,1-3H3,(H,16,17);2*1H. The molecule has 0 spiro atoms. The second-order valence-corrected chi connectivity index (χ2v) is 6.68. The number of nitrogens with one attached hydrogen (secondary N) is 2. The molecule has 1 aliphatic heterocycles. The molecule has 0 aromatic carbocycles. The Morgan fingerprint density at radius 3 is 2.75 bits per heavy atom. The number of nitrogens with zero attached hydrogens (tertiary/aromatic N) is 1. The van der Waals surface area contributed by atoms with Crippen LogP contribution < -0.4 is 10.6 Å². The van der Waals surface area contributed by atoms with Gasteiger partial charge in [-0.2, -0.15) is 0 Å². The smallest absolute Gasteiger partial charge is 0.222 e. The largest absolute Gasteiger partial charge is 0.345 e. The van der Waals surface area contributed by atoms with Gasteiger partial charge in [0.15, 0.2) is 0 Å². The first-order chi connectivity index (χ1) is 8.47. The van der Waals surface area contributed by atoms with Crippen molar-refractivity contribution >= 4 is 42.1 Å². The quantitative estimate of drug-likeness (QED) is 0.886. The predicted molar refractivity (Wildman–Crippen MR) is 88.2 cm³/mol. The van der Waals surface area contributed by atoms with E-state index in [1.165, 1.54) is 11.3 Å². The molecule has 20 heavy (non-hydrogen) atoms. The van der Waals surface area contributed by atoms with Crippen LogP contribution in [0.4, 0.5) is 0 Å². The number of rotatable bonds is 4. The normalized spacial score (nSPS) is 18.1. The second kappa shape index (κ2) is 8.17. The Hall–Kier alpha value is -0.360. The van der Waals surface area contributed by atoms with Crippen molar-refractivity contribution in [1.82, 2.24) is 15.6 Å². The lowest BCUT2D eigenvalue weighted by Crippen LogP contribution is -2.43. The van der Waals surface area contributed by atoms with Crippen molar-refractivity contribution in [2.24, 2.45) is 0 Å². The van der Waals surface area contributed by atoms with Crippen molar-refractivity contribution in [3.8, 4) is 0 Å². The van der Waals surface area contributed by atoms with Crippen molar-refractivity contribution in [2.75, 3.05) is 6.54 Å². The summed E-state index contributed by atoms with van der Waals surface area (Å²) < 4.78 is 0. The topological polar surface area (TPSA) is 54.0 Å². The molecule has 2 rings (SSSR count). The van der Waals surface area contributed by atoms with Crippen molar-refractivity contribution in [3.05, 3.63) is 16.1 Å². The van der Waals surface area contributed by atoms with Gasteiger partial charge >= 0.3 is 0 Å². The van der Waals surface area contributed by atoms with Crippen molar-refractivity contribution in [1.29, 1.82) is 0 Å². The lowest BCUT2D eigenvalue weighted by molar-refractivity contribution is -0.123. The molecule has 2 heterocycles. The average molecular weight is 340 g/mol.